The van der Waals surface area contributed by atoms with Crippen molar-refractivity contribution < 1.29 is 4.74 Å². The largest absolute Gasteiger partial charge is 0.377 e. The standard InChI is InChI=1S/C18H25N5O2/c1-13-12-25-7-6-22(13)15-8-17(20-18(24)9-15)23-5-3-4-16(23)14-10-19-21(2)11-14/h8-11,13,16H,3-7,12H2,1-2H3,(H,20,24). The van der Waals surface area contributed by atoms with Crippen LogP contribution in [-0.2, 0) is 11.8 Å². The van der Waals surface area contributed by atoms with Gasteiger partial charge in [-0.1, -0.05) is 0 Å². The minimum Gasteiger partial charge on any atom is -0.377 e. The number of aryl methyl sites for hydroxylation is 1. The van der Waals surface area contributed by atoms with Crippen LogP contribution < -0.4 is 15.4 Å². The van der Waals surface area contributed by atoms with Gasteiger partial charge in [-0.2, -0.15) is 5.10 Å². The average Bonchev–Trinajstić information content (AvgIpc) is 3.23. The zero-order valence-electron chi connectivity index (χ0n) is 14.8. The highest BCUT2D eigenvalue weighted by atomic mass is 16.5. The molecule has 4 heterocycles. The van der Waals surface area contributed by atoms with Gasteiger partial charge in [-0.15, -0.1) is 0 Å². The van der Waals surface area contributed by atoms with Crippen LogP contribution in [0.2, 0.25) is 0 Å². The van der Waals surface area contributed by atoms with Gasteiger partial charge >= 0.3 is 0 Å². The molecule has 0 saturated carbocycles. The zero-order valence-corrected chi connectivity index (χ0v) is 14.8. The lowest BCUT2D eigenvalue weighted by Gasteiger charge is -2.36. The van der Waals surface area contributed by atoms with E-state index in [9.17, 15) is 4.79 Å². The first kappa shape index (κ1) is 16.2. The van der Waals surface area contributed by atoms with Crippen molar-refractivity contribution in [3.05, 3.63) is 40.4 Å². The van der Waals surface area contributed by atoms with Crippen molar-refractivity contribution in [2.45, 2.75) is 31.8 Å². The third kappa shape index (κ3) is 3.16. The molecule has 2 aliphatic heterocycles. The van der Waals surface area contributed by atoms with E-state index in [-0.39, 0.29) is 17.6 Å². The molecule has 7 nitrogen and oxygen atoms in total. The summed E-state index contributed by atoms with van der Waals surface area (Å²) in [5.41, 5.74) is 2.13. The molecule has 0 aromatic carbocycles. The van der Waals surface area contributed by atoms with Crippen molar-refractivity contribution in [2.75, 3.05) is 36.1 Å². The van der Waals surface area contributed by atoms with Crippen molar-refractivity contribution in [3.63, 3.8) is 0 Å². The molecule has 2 aromatic heterocycles. The van der Waals surface area contributed by atoms with Crippen LogP contribution in [0.15, 0.2) is 29.3 Å². The van der Waals surface area contributed by atoms with Gasteiger partial charge < -0.3 is 19.5 Å². The maximum Gasteiger partial charge on any atom is 0.251 e. The SMILES string of the molecule is CC1COCCN1c1cc(N2CCCC2c2cnn(C)c2)[nH]c(=O)c1. The molecule has 0 bridgehead atoms. The summed E-state index contributed by atoms with van der Waals surface area (Å²) in [7, 11) is 1.94. The molecule has 0 aliphatic carbocycles. The Morgan fingerprint density at radius 3 is 2.92 bits per heavy atom. The number of morpholine rings is 1. The second-order valence-electron chi connectivity index (χ2n) is 7.00. The lowest BCUT2D eigenvalue weighted by Crippen LogP contribution is -2.44. The highest BCUT2D eigenvalue weighted by Crippen LogP contribution is 2.35. The van der Waals surface area contributed by atoms with E-state index < -0.39 is 0 Å². The van der Waals surface area contributed by atoms with E-state index in [4.69, 9.17) is 4.74 Å². The van der Waals surface area contributed by atoms with Gasteiger partial charge in [-0.3, -0.25) is 9.48 Å². The molecule has 4 rings (SSSR count). The number of H-pyrrole nitrogens is 1. The molecule has 2 atom stereocenters. The Kier molecular flexibility index (Phi) is 4.25. The Morgan fingerprint density at radius 1 is 1.28 bits per heavy atom. The number of ether oxygens (including phenoxy) is 1. The number of rotatable bonds is 3. The highest BCUT2D eigenvalue weighted by molar-refractivity contribution is 5.57. The number of pyridine rings is 1. The van der Waals surface area contributed by atoms with Gasteiger partial charge in [0.15, 0.2) is 0 Å². The summed E-state index contributed by atoms with van der Waals surface area (Å²) in [6.45, 7) is 5.29. The highest BCUT2D eigenvalue weighted by Gasteiger charge is 2.29. The van der Waals surface area contributed by atoms with E-state index in [1.807, 2.05) is 17.9 Å². The van der Waals surface area contributed by atoms with Gasteiger partial charge in [-0.25, -0.2) is 0 Å². The maximum absolute atomic E-state index is 12.3. The first-order chi connectivity index (χ1) is 12.1. The van der Waals surface area contributed by atoms with E-state index in [2.05, 4.69) is 39.1 Å². The molecule has 1 N–H and O–H groups in total. The number of anilines is 2. The Balaban J connectivity index is 1.66. The minimum absolute atomic E-state index is 0.0528. The third-order valence-electron chi connectivity index (χ3n) is 5.19. The van der Waals surface area contributed by atoms with Gasteiger partial charge in [0.1, 0.15) is 5.82 Å². The van der Waals surface area contributed by atoms with Crippen molar-refractivity contribution in [2.24, 2.45) is 7.05 Å². The lowest BCUT2D eigenvalue weighted by atomic mass is 10.1. The molecular weight excluding hydrogens is 318 g/mol. The molecule has 2 unspecified atom stereocenters. The van der Waals surface area contributed by atoms with Crippen LogP contribution in [0.1, 0.15) is 31.4 Å². The fourth-order valence-corrected chi connectivity index (χ4v) is 3.96. The van der Waals surface area contributed by atoms with Crippen LogP contribution in [0.4, 0.5) is 11.5 Å². The van der Waals surface area contributed by atoms with Crippen LogP contribution in [-0.4, -0.2) is 47.1 Å². The van der Waals surface area contributed by atoms with E-state index in [1.165, 1.54) is 5.56 Å². The van der Waals surface area contributed by atoms with E-state index >= 15 is 0 Å². The molecule has 0 spiro atoms. The lowest BCUT2D eigenvalue weighted by molar-refractivity contribution is 0.0989. The summed E-state index contributed by atoms with van der Waals surface area (Å²) >= 11 is 0. The van der Waals surface area contributed by atoms with Crippen LogP contribution in [0, 0.1) is 0 Å². The molecular formula is C18H25N5O2. The Morgan fingerprint density at radius 2 is 2.16 bits per heavy atom. The van der Waals surface area contributed by atoms with Crippen molar-refractivity contribution in [1.29, 1.82) is 0 Å². The number of nitrogens with zero attached hydrogens (tertiary/aromatic N) is 4. The van der Waals surface area contributed by atoms with Gasteiger partial charge in [0.05, 0.1) is 25.5 Å². The average molecular weight is 343 g/mol. The van der Waals surface area contributed by atoms with E-state index in [0.717, 1.165) is 37.4 Å². The van der Waals surface area contributed by atoms with E-state index in [1.54, 1.807) is 6.07 Å². The molecule has 25 heavy (non-hydrogen) atoms. The second-order valence-corrected chi connectivity index (χ2v) is 7.00. The van der Waals surface area contributed by atoms with Crippen LogP contribution in [0.5, 0.6) is 0 Å². The predicted octanol–water partition coefficient (Wildman–Crippen LogP) is 1.67. The van der Waals surface area contributed by atoms with Crippen LogP contribution >= 0.6 is 0 Å². The summed E-state index contributed by atoms with van der Waals surface area (Å²) in [6.07, 6.45) is 6.18. The number of aromatic nitrogens is 3. The van der Waals surface area contributed by atoms with Gasteiger partial charge in [-0.05, 0) is 19.8 Å². The maximum atomic E-state index is 12.3. The number of nitrogens with one attached hydrogen (secondary N) is 1. The quantitative estimate of drug-likeness (QED) is 0.918. The van der Waals surface area contributed by atoms with Gasteiger partial charge in [0, 0.05) is 55.8 Å². The van der Waals surface area contributed by atoms with Crippen LogP contribution in [0.3, 0.4) is 0 Å². The Bertz CT molecular complexity index is 799. The first-order valence-electron chi connectivity index (χ1n) is 8.96. The number of hydrogen-bond donors (Lipinski definition) is 1. The first-order valence-corrected chi connectivity index (χ1v) is 8.96. The van der Waals surface area contributed by atoms with E-state index in [0.29, 0.717) is 13.2 Å². The number of aromatic amines is 1. The minimum atomic E-state index is -0.0528. The monoisotopic (exact) mass is 343 g/mol. The van der Waals surface area contributed by atoms with Gasteiger partial charge in [0.25, 0.3) is 5.56 Å². The zero-order chi connectivity index (χ0) is 17.4. The predicted molar refractivity (Wildman–Crippen MR) is 97.2 cm³/mol. The van der Waals surface area contributed by atoms with Crippen molar-refractivity contribution >= 4 is 11.5 Å². The Hall–Kier alpha value is -2.28. The van der Waals surface area contributed by atoms with Crippen LogP contribution in [0.25, 0.3) is 0 Å². The molecule has 0 amide bonds. The summed E-state index contributed by atoms with van der Waals surface area (Å²) in [5, 5.41) is 4.30. The summed E-state index contributed by atoms with van der Waals surface area (Å²) in [4.78, 5) is 19.9. The molecule has 134 valence electrons. The molecule has 2 fully saturated rings. The molecule has 0 radical (unpaired) electrons. The Labute approximate surface area is 147 Å². The summed E-state index contributed by atoms with van der Waals surface area (Å²) in [5.74, 6) is 0.896. The molecule has 2 saturated heterocycles. The fourth-order valence-electron chi connectivity index (χ4n) is 3.96. The second kappa shape index (κ2) is 6.55. The smallest absolute Gasteiger partial charge is 0.251 e. The van der Waals surface area contributed by atoms with Crippen molar-refractivity contribution in [3.8, 4) is 0 Å². The van der Waals surface area contributed by atoms with Gasteiger partial charge in [0.2, 0.25) is 0 Å². The molecule has 7 heteroatoms. The summed E-state index contributed by atoms with van der Waals surface area (Å²) in [6, 6.07) is 4.34. The number of hydrogen-bond acceptors (Lipinski definition) is 5. The molecule has 2 aliphatic rings. The summed E-state index contributed by atoms with van der Waals surface area (Å²) < 4.78 is 7.36. The van der Waals surface area contributed by atoms with Crippen molar-refractivity contribution in [1.82, 2.24) is 14.8 Å². The third-order valence-corrected chi connectivity index (χ3v) is 5.19. The topological polar surface area (TPSA) is 66.4 Å². The normalized spacial score (nSPS) is 24.1. The fraction of sp³-hybridized carbons (Fsp3) is 0.556. The molecule has 2 aromatic rings.